The SMILES string of the molecule is CCCNCCNC(=O)CNS(=O)(=O)c1cn(C)cn1.Cl. The first kappa shape index (κ1) is 19.8. The zero-order valence-electron chi connectivity index (χ0n) is 12.1. The Balaban J connectivity index is 0.00000400. The molecule has 0 unspecified atom stereocenters. The van der Waals surface area contributed by atoms with Crippen LogP contribution >= 0.6 is 12.4 Å². The highest BCUT2D eigenvalue weighted by atomic mass is 35.5. The average molecular weight is 340 g/mol. The quantitative estimate of drug-likeness (QED) is 0.513. The molecule has 0 saturated carbocycles. The molecule has 1 aromatic heterocycles. The maximum Gasteiger partial charge on any atom is 0.260 e. The molecule has 122 valence electrons. The van der Waals surface area contributed by atoms with Crippen molar-refractivity contribution in [3.05, 3.63) is 12.5 Å². The monoisotopic (exact) mass is 339 g/mol. The molecule has 0 radical (unpaired) electrons. The lowest BCUT2D eigenvalue weighted by molar-refractivity contribution is -0.119. The molecule has 0 bridgehead atoms. The molecule has 0 aliphatic carbocycles. The fraction of sp³-hybridized carbons (Fsp3) is 0.636. The number of carbonyl (C=O) groups is 1. The van der Waals surface area contributed by atoms with Crippen LogP contribution in [0.3, 0.4) is 0 Å². The van der Waals surface area contributed by atoms with Crippen molar-refractivity contribution in [1.82, 2.24) is 24.9 Å². The number of sulfonamides is 1. The largest absolute Gasteiger partial charge is 0.354 e. The lowest BCUT2D eigenvalue weighted by atomic mass is 10.4. The highest BCUT2D eigenvalue weighted by Gasteiger charge is 2.17. The second kappa shape index (κ2) is 9.72. The predicted molar refractivity (Wildman–Crippen MR) is 81.8 cm³/mol. The number of amides is 1. The fourth-order valence-electron chi connectivity index (χ4n) is 1.42. The van der Waals surface area contributed by atoms with Crippen molar-refractivity contribution in [3.63, 3.8) is 0 Å². The molecule has 0 spiro atoms. The fourth-order valence-corrected chi connectivity index (χ4v) is 2.38. The summed E-state index contributed by atoms with van der Waals surface area (Å²) >= 11 is 0. The molecule has 1 amide bonds. The van der Waals surface area contributed by atoms with Crippen molar-refractivity contribution >= 4 is 28.3 Å². The van der Waals surface area contributed by atoms with Crippen LogP contribution in [0.1, 0.15) is 13.3 Å². The number of hydrogen-bond donors (Lipinski definition) is 3. The van der Waals surface area contributed by atoms with E-state index in [-0.39, 0.29) is 29.9 Å². The number of aryl methyl sites for hydroxylation is 1. The topological polar surface area (TPSA) is 105 Å². The molecular formula is C11H22ClN5O3S. The summed E-state index contributed by atoms with van der Waals surface area (Å²) in [6, 6.07) is 0. The van der Waals surface area contributed by atoms with E-state index in [2.05, 4.69) is 27.3 Å². The summed E-state index contributed by atoms with van der Waals surface area (Å²) in [6.07, 6.45) is 3.78. The molecule has 21 heavy (non-hydrogen) atoms. The number of halogens is 1. The van der Waals surface area contributed by atoms with E-state index >= 15 is 0 Å². The molecule has 0 saturated heterocycles. The van der Waals surface area contributed by atoms with Crippen LogP contribution in [0.15, 0.2) is 17.6 Å². The van der Waals surface area contributed by atoms with Crippen LogP contribution in [0.4, 0.5) is 0 Å². The third kappa shape index (κ3) is 7.42. The van der Waals surface area contributed by atoms with Crippen LogP contribution in [0.25, 0.3) is 0 Å². The minimum Gasteiger partial charge on any atom is -0.354 e. The Morgan fingerprint density at radius 3 is 2.62 bits per heavy atom. The van der Waals surface area contributed by atoms with Crippen molar-refractivity contribution in [2.75, 3.05) is 26.2 Å². The Hall–Kier alpha value is -1.16. The van der Waals surface area contributed by atoms with Gasteiger partial charge in [-0.1, -0.05) is 6.92 Å². The van der Waals surface area contributed by atoms with Gasteiger partial charge >= 0.3 is 0 Å². The van der Waals surface area contributed by atoms with Crippen molar-refractivity contribution in [2.45, 2.75) is 18.4 Å². The standard InChI is InChI=1S/C11H21N5O3S.ClH/c1-3-4-12-5-6-13-10(17)7-15-20(18,19)11-8-16(2)9-14-11;/h8-9,12,15H,3-7H2,1-2H3,(H,13,17);1H. The van der Waals surface area contributed by atoms with E-state index in [1.165, 1.54) is 17.1 Å². The molecule has 1 rings (SSSR count). The van der Waals surface area contributed by atoms with Crippen molar-refractivity contribution < 1.29 is 13.2 Å². The van der Waals surface area contributed by atoms with Gasteiger partial charge in [-0.3, -0.25) is 4.79 Å². The number of imidazole rings is 1. The zero-order chi connectivity index (χ0) is 15.0. The van der Waals surface area contributed by atoms with Crippen LogP contribution in [0.5, 0.6) is 0 Å². The lowest BCUT2D eigenvalue weighted by Gasteiger charge is -2.07. The third-order valence-electron chi connectivity index (χ3n) is 2.43. The Morgan fingerprint density at radius 2 is 2.05 bits per heavy atom. The van der Waals surface area contributed by atoms with E-state index in [0.29, 0.717) is 13.1 Å². The van der Waals surface area contributed by atoms with Crippen LogP contribution in [-0.2, 0) is 21.9 Å². The van der Waals surface area contributed by atoms with Gasteiger partial charge in [-0.05, 0) is 13.0 Å². The predicted octanol–water partition coefficient (Wildman–Crippen LogP) is -0.764. The van der Waals surface area contributed by atoms with Crippen molar-refractivity contribution in [1.29, 1.82) is 0 Å². The van der Waals surface area contributed by atoms with E-state index in [0.717, 1.165) is 13.0 Å². The minimum absolute atomic E-state index is 0. The van der Waals surface area contributed by atoms with Gasteiger partial charge in [0.25, 0.3) is 10.0 Å². The highest BCUT2D eigenvalue weighted by molar-refractivity contribution is 7.89. The molecule has 0 aromatic carbocycles. The number of rotatable bonds is 9. The molecule has 0 atom stereocenters. The summed E-state index contributed by atoms with van der Waals surface area (Å²) < 4.78 is 27.3. The van der Waals surface area contributed by atoms with Crippen molar-refractivity contribution in [2.24, 2.45) is 7.05 Å². The molecule has 3 N–H and O–H groups in total. The normalized spacial score (nSPS) is 11.0. The summed E-state index contributed by atoms with van der Waals surface area (Å²) in [5.74, 6) is -0.372. The highest BCUT2D eigenvalue weighted by Crippen LogP contribution is 2.02. The third-order valence-corrected chi connectivity index (χ3v) is 3.72. The summed E-state index contributed by atoms with van der Waals surface area (Å²) in [5, 5.41) is 5.64. The van der Waals surface area contributed by atoms with E-state index in [1.54, 1.807) is 7.05 Å². The first-order valence-electron chi connectivity index (χ1n) is 6.40. The number of nitrogens with one attached hydrogen (secondary N) is 3. The second-order valence-electron chi connectivity index (χ2n) is 4.30. The summed E-state index contributed by atoms with van der Waals surface area (Å²) in [6.45, 7) is 3.77. The van der Waals surface area contributed by atoms with Gasteiger partial charge in [-0.15, -0.1) is 12.4 Å². The minimum atomic E-state index is -3.73. The lowest BCUT2D eigenvalue weighted by Crippen LogP contribution is -2.39. The van der Waals surface area contributed by atoms with Crippen LogP contribution in [0, 0.1) is 0 Å². The Bertz CT molecular complexity index is 532. The van der Waals surface area contributed by atoms with Gasteiger partial charge in [0.15, 0.2) is 5.03 Å². The molecule has 1 heterocycles. The van der Waals surface area contributed by atoms with Gasteiger partial charge in [-0.2, -0.15) is 0 Å². The molecule has 0 fully saturated rings. The van der Waals surface area contributed by atoms with Gasteiger partial charge in [0.2, 0.25) is 5.91 Å². The number of carbonyl (C=O) groups excluding carboxylic acids is 1. The molecule has 0 aliphatic heterocycles. The van der Waals surface area contributed by atoms with Crippen molar-refractivity contribution in [3.8, 4) is 0 Å². The van der Waals surface area contributed by atoms with Crippen LogP contribution in [0.2, 0.25) is 0 Å². The van der Waals surface area contributed by atoms with Gasteiger partial charge in [0.05, 0.1) is 12.9 Å². The number of aromatic nitrogens is 2. The molecular weight excluding hydrogens is 318 g/mol. The van der Waals surface area contributed by atoms with Gasteiger partial charge in [-0.25, -0.2) is 18.1 Å². The van der Waals surface area contributed by atoms with Gasteiger partial charge < -0.3 is 15.2 Å². The number of nitrogens with zero attached hydrogens (tertiary/aromatic N) is 2. The Labute approximate surface area is 131 Å². The molecule has 8 nitrogen and oxygen atoms in total. The summed E-state index contributed by atoms with van der Waals surface area (Å²) in [5.41, 5.74) is 0. The number of hydrogen-bond acceptors (Lipinski definition) is 5. The Kier molecular flexibility index (Phi) is 9.18. The smallest absolute Gasteiger partial charge is 0.260 e. The maximum absolute atomic E-state index is 11.8. The maximum atomic E-state index is 11.8. The summed E-state index contributed by atoms with van der Waals surface area (Å²) in [4.78, 5) is 15.2. The molecule has 1 aromatic rings. The average Bonchev–Trinajstić information content (AvgIpc) is 2.84. The van der Waals surface area contributed by atoms with E-state index in [1.807, 2.05) is 0 Å². The molecule has 10 heteroatoms. The van der Waals surface area contributed by atoms with E-state index in [9.17, 15) is 13.2 Å². The van der Waals surface area contributed by atoms with Gasteiger partial charge in [0, 0.05) is 26.3 Å². The van der Waals surface area contributed by atoms with E-state index in [4.69, 9.17) is 0 Å². The van der Waals surface area contributed by atoms with Gasteiger partial charge in [0.1, 0.15) is 0 Å². The van der Waals surface area contributed by atoms with E-state index < -0.39 is 10.0 Å². The van der Waals surface area contributed by atoms with Crippen LogP contribution in [-0.4, -0.2) is 50.1 Å². The zero-order valence-corrected chi connectivity index (χ0v) is 13.8. The first-order valence-corrected chi connectivity index (χ1v) is 7.89. The van der Waals surface area contributed by atoms with Crippen LogP contribution < -0.4 is 15.4 Å². The first-order chi connectivity index (χ1) is 9.45. The second-order valence-corrected chi connectivity index (χ2v) is 6.02. The Morgan fingerprint density at radius 1 is 1.33 bits per heavy atom. The summed E-state index contributed by atoms with van der Waals surface area (Å²) in [7, 11) is -2.06. The molecule has 0 aliphatic rings.